The van der Waals surface area contributed by atoms with E-state index in [0.717, 1.165) is 19.4 Å². The molecule has 1 fully saturated rings. The fraction of sp³-hybridized carbons (Fsp3) is 0.643. The maximum Gasteiger partial charge on any atom is 0.350 e. The van der Waals surface area contributed by atoms with Crippen molar-refractivity contribution >= 4 is 40.8 Å². The van der Waals surface area contributed by atoms with Crippen LogP contribution in [0.15, 0.2) is 0 Å². The summed E-state index contributed by atoms with van der Waals surface area (Å²) in [6.07, 6.45) is 1.83. The Bertz CT molecular complexity index is 527. The van der Waals surface area contributed by atoms with E-state index in [2.05, 4.69) is 15.6 Å². The summed E-state index contributed by atoms with van der Waals surface area (Å²) < 4.78 is 5.04. The lowest BCUT2D eigenvalue weighted by molar-refractivity contribution is -0.117. The molecule has 8 heteroatoms. The zero-order valence-corrected chi connectivity index (χ0v) is 14.6. The van der Waals surface area contributed by atoms with E-state index in [-0.39, 0.29) is 36.2 Å². The van der Waals surface area contributed by atoms with Crippen molar-refractivity contribution in [2.45, 2.75) is 45.6 Å². The number of nitrogens with zero attached hydrogens (tertiary/aromatic N) is 1. The first kappa shape index (κ1) is 18.9. The van der Waals surface area contributed by atoms with Crippen LogP contribution in [0.3, 0.4) is 0 Å². The molecule has 0 radical (unpaired) electrons. The largest absolute Gasteiger partial charge is 0.462 e. The Hall–Kier alpha value is -1.18. The number of carbonyl (C=O) groups is 2. The average Bonchev–Trinajstić information content (AvgIpc) is 3.07. The van der Waals surface area contributed by atoms with Crippen molar-refractivity contribution in [1.82, 2.24) is 10.3 Å². The normalized spacial score (nSPS) is 17.2. The summed E-state index contributed by atoms with van der Waals surface area (Å²) >= 11 is 1.18. The zero-order valence-electron chi connectivity index (χ0n) is 13.0. The summed E-state index contributed by atoms with van der Waals surface area (Å²) in [5, 5.41) is 6.39. The molecule has 2 N–H and O–H groups in total. The second-order valence-electron chi connectivity index (χ2n) is 5.25. The summed E-state index contributed by atoms with van der Waals surface area (Å²) in [4.78, 5) is 28.9. The van der Waals surface area contributed by atoms with Crippen molar-refractivity contribution in [2.24, 2.45) is 0 Å². The van der Waals surface area contributed by atoms with Crippen LogP contribution in [-0.4, -0.2) is 36.1 Å². The van der Waals surface area contributed by atoms with E-state index in [1.165, 1.54) is 11.3 Å². The summed E-state index contributed by atoms with van der Waals surface area (Å²) in [5.74, 6) is -0.374. The van der Waals surface area contributed by atoms with Crippen LogP contribution in [0, 0.1) is 0 Å². The Morgan fingerprint density at radius 1 is 1.50 bits per heavy atom. The van der Waals surface area contributed by atoms with Gasteiger partial charge in [-0.2, -0.15) is 0 Å². The van der Waals surface area contributed by atoms with Crippen molar-refractivity contribution in [3.8, 4) is 0 Å². The number of hydrogen-bond acceptors (Lipinski definition) is 6. The van der Waals surface area contributed by atoms with E-state index in [9.17, 15) is 9.59 Å². The number of aromatic nitrogens is 1. The van der Waals surface area contributed by atoms with Crippen molar-refractivity contribution < 1.29 is 14.3 Å². The number of nitrogens with one attached hydrogen (secondary N) is 2. The number of carbonyl (C=O) groups excluding carboxylic acids is 2. The van der Waals surface area contributed by atoms with Crippen molar-refractivity contribution in [1.29, 1.82) is 0 Å². The molecule has 0 saturated carbocycles. The monoisotopic (exact) mass is 347 g/mol. The number of anilines is 1. The molecule has 1 aliphatic rings. The molecule has 124 valence electrons. The van der Waals surface area contributed by atoms with E-state index < -0.39 is 0 Å². The Morgan fingerprint density at radius 2 is 2.23 bits per heavy atom. The summed E-state index contributed by atoms with van der Waals surface area (Å²) in [7, 11) is 0. The minimum atomic E-state index is -0.377. The van der Waals surface area contributed by atoms with Gasteiger partial charge in [0.2, 0.25) is 5.91 Å². The Labute approximate surface area is 140 Å². The summed E-state index contributed by atoms with van der Waals surface area (Å²) in [6, 6.07) is -0.164. The van der Waals surface area contributed by atoms with Gasteiger partial charge in [-0.05, 0) is 32.2 Å². The van der Waals surface area contributed by atoms with E-state index >= 15 is 0 Å². The van der Waals surface area contributed by atoms with Gasteiger partial charge in [0.1, 0.15) is 4.88 Å². The lowest BCUT2D eigenvalue weighted by Gasteiger charge is -2.08. The quantitative estimate of drug-likeness (QED) is 0.800. The topological polar surface area (TPSA) is 80.3 Å². The molecule has 2 rings (SSSR count). The predicted molar refractivity (Wildman–Crippen MR) is 89.1 cm³/mol. The van der Waals surface area contributed by atoms with Crippen LogP contribution in [0.4, 0.5) is 5.13 Å². The fourth-order valence-electron chi connectivity index (χ4n) is 2.22. The molecular formula is C14H22ClN3O3S. The number of hydrogen-bond donors (Lipinski definition) is 2. The maximum atomic E-state index is 12.1. The van der Waals surface area contributed by atoms with E-state index in [4.69, 9.17) is 4.74 Å². The highest BCUT2D eigenvalue weighted by atomic mass is 35.5. The average molecular weight is 348 g/mol. The minimum Gasteiger partial charge on any atom is -0.462 e. The van der Waals surface area contributed by atoms with Gasteiger partial charge in [0.05, 0.1) is 18.3 Å². The number of halogens is 1. The molecule has 22 heavy (non-hydrogen) atoms. The van der Waals surface area contributed by atoms with Gasteiger partial charge in [0, 0.05) is 0 Å². The van der Waals surface area contributed by atoms with Gasteiger partial charge in [-0.3, -0.25) is 4.79 Å². The standard InChI is InChI=1S/C14H21N3O3S.ClH/c1-4-20-13(19)11-10(8(2)3)16-14(21-11)17-12(18)9-6-5-7-15-9;/h8-9,15H,4-7H2,1-3H3,(H,16,17,18);1H. The third-order valence-corrected chi connectivity index (χ3v) is 4.23. The van der Waals surface area contributed by atoms with Gasteiger partial charge >= 0.3 is 5.97 Å². The molecule has 0 aromatic carbocycles. The van der Waals surface area contributed by atoms with Crippen molar-refractivity contribution in [2.75, 3.05) is 18.5 Å². The molecule has 0 aliphatic carbocycles. The molecule has 1 saturated heterocycles. The lowest BCUT2D eigenvalue weighted by Crippen LogP contribution is -2.35. The van der Waals surface area contributed by atoms with E-state index in [0.29, 0.717) is 22.3 Å². The van der Waals surface area contributed by atoms with Gasteiger partial charge in [-0.1, -0.05) is 25.2 Å². The van der Waals surface area contributed by atoms with Gasteiger partial charge in [-0.15, -0.1) is 12.4 Å². The first-order valence-electron chi connectivity index (χ1n) is 7.25. The molecule has 0 spiro atoms. The van der Waals surface area contributed by atoms with Gasteiger partial charge in [-0.25, -0.2) is 9.78 Å². The second-order valence-corrected chi connectivity index (χ2v) is 6.25. The first-order valence-corrected chi connectivity index (χ1v) is 8.06. The molecule has 1 aromatic rings. The molecule has 6 nitrogen and oxygen atoms in total. The van der Waals surface area contributed by atoms with Gasteiger partial charge in [0.15, 0.2) is 5.13 Å². The number of ether oxygens (including phenoxy) is 1. The number of rotatable bonds is 5. The van der Waals surface area contributed by atoms with Crippen LogP contribution in [-0.2, 0) is 9.53 Å². The van der Waals surface area contributed by atoms with Crippen LogP contribution >= 0.6 is 23.7 Å². The molecule has 1 unspecified atom stereocenters. The number of amides is 1. The third-order valence-electron chi connectivity index (χ3n) is 3.27. The Kier molecular flexibility index (Phi) is 7.25. The van der Waals surface area contributed by atoms with Crippen LogP contribution in [0.1, 0.15) is 54.9 Å². The highest BCUT2D eigenvalue weighted by Crippen LogP contribution is 2.29. The van der Waals surface area contributed by atoms with Crippen LogP contribution < -0.4 is 10.6 Å². The van der Waals surface area contributed by atoms with Crippen molar-refractivity contribution in [3.05, 3.63) is 10.6 Å². The number of thiazole rings is 1. The molecule has 1 aliphatic heterocycles. The molecule has 2 heterocycles. The van der Waals surface area contributed by atoms with Gasteiger partial charge < -0.3 is 15.4 Å². The van der Waals surface area contributed by atoms with Crippen LogP contribution in [0.25, 0.3) is 0 Å². The number of esters is 1. The molecule has 1 aromatic heterocycles. The third kappa shape index (κ3) is 4.41. The SMILES string of the molecule is CCOC(=O)c1sc(NC(=O)C2CCCN2)nc1C(C)C.Cl. The summed E-state index contributed by atoms with van der Waals surface area (Å²) in [6.45, 7) is 6.87. The highest BCUT2D eigenvalue weighted by molar-refractivity contribution is 7.17. The smallest absolute Gasteiger partial charge is 0.350 e. The molecule has 1 amide bonds. The second kappa shape index (κ2) is 8.45. The lowest BCUT2D eigenvalue weighted by atomic mass is 10.1. The minimum absolute atomic E-state index is 0. The van der Waals surface area contributed by atoms with E-state index in [1.807, 2.05) is 13.8 Å². The van der Waals surface area contributed by atoms with Gasteiger partial charge in [0.25, 0.3) is 0 Å². The summed E-state index contributed by atoms with van der Waals surface area (Å²) in [5.41, 5.74) is 0.674. The highest BCUT2D eigenvalue weighted by Gasteiger charge is 2.25. The molecule has 0 bridgehead atoms. The molecular weight excluding hydrogens is 326 g/mol. The first-order chi connectivity index (χ1) is 10.0. The predicted octanol–water partition coefficient (Wildman–Crippen LogP) is 2.56. The Morgan fingerprint density at radius 3 is 2.77 bits per heavy atom. The van der Waals surface area contributed by atoms with E-state index in [1.54, 1.807) is 6.92 Å². The van der Waals surface area contributed by atoms with Crippen LogP contribution in [0.5, 0.6) is 0 Å². The van der Waals surface area contributed by atoms with Crippen LogP contribution in [0.2, 0.25) is 0 Å². The Balaban J connectivity index is 0.00000242. The fourth-order valence-corrected chi connectivity index (χ4v) is 3.24. The maximum absolute atomic E-state index is 12.1. The zero-order chi connectivity index (χ0) is 15.4. The molecule has 1 atom stereocenters. The van der Waals surface area contributed by atoms with Crippen molar-refractivity contribution in [3.63, 3.8) is 0 Å².